The number of hydrogen-bond donors (Lipinski definition) is 2. The van der Waals surface area contributed by atoms with E-state index in [-0.39, 0.29) is 35.7 Å². The molecule has 1 atom stereocenters. The van der Waals surface area contributed by atoms with E-state index in [1.54, 1.807) is 6.07 Å². The van der Waals surface area contributed by atoms with Gasteiger partial charge in [-0.15, -0.1) is 0 Å². The first-order valence-electron chi connectivity index (χ1n) is 14.9. The van der Waals surface area contributed by atoms with Crippen LogP contribution in [0.15, 0.2) is 46.9 Å². The topological polar surface area (TPSA) is 87.7 Å². The zero-order valence-electron chi connectivity index (χ0n) is 25.4. The Hall–Kier alpha value is -3.65. The van der Waals surface area contributed by atoms with Gasteiger partial charge in [0.05, 0.1) is 24.2 Å². The molecule has 238 valence electrons. The van der Waals surface area contributed by atoms with Crippen molar-refractivity contribution in [1.29, 1.82) is 0 Å². The summed E-state index contributed by atoms with van der Waals surface area (Å²) in [5, 5.41) is 6.77. The molecule has 2 N–H and O–H groups in total. The Kier molecular flexibility index (Phi) is 10.9. The SMILES string of the molecule is CCC(=O)N1CCC(Nc2cccc3c2C=C(C#CCNc2ccc(S(C)(=O)=O)cc2OC)C(CCC(F)(F)F)CC3)CC1. The molecule has 0 bridgehead atoms. The van der Waals surface area contributed by atoms with Gasteiger partial charge in [-0.1, -0.05) is 30.9 Å². The first-order valence-corrected chi connectivity index (χ1v) is 16.8. The summed E-state index contributed by atoms with van der Waals surface area (Å²) in [5.74, 6) is 6.38. The molecule has 1 unspecified atom stereocenters. The fourth-order valence-corrected chi connectivity index (χ4v) is 6.35. The number of alkyl halides is 3. The van der Waals surface area contributed by atoms with Gasteiger partial charge in [0, 0.05) is 61.1 Å². The fraction of sp³-hybridized carbons (Fsp3) is 0.485. The van der Waals surface area contributed by atoms with Crippen LogP contribution in [0.5, 0.6) is 5.75 Å². The number of methoxy groups -OCH3 is 1. The lowest BCUT2D eigenvalue weighted by Gasteiger charge is -2.33. The van der Waals surface area contributed by atoms with Gasteiger partial charge in [0.25, 0.3) is 0 Å². The van der Waals surface area contributed by atoms with Crippen molar-refractivity contribution in [1.82, 2.24) is 4.90 Å². The molecule has 0 spiro atoms. The third kappa shape index (κ3) is 8.94. The highest BCUT2D eigenvalue weighted by Gasteiger charge is 2.30. The van der Waals surface area contributed by atoms with Crippen molar-refractivity contribution in [2.24, 2.45) is 5.92 Å². The second-order valence-corrected chi connectivity index (χ2v) is 13.3. The lowest BCUT2D eigenvalue weighted by Crippen LogP contribution is -2.42. The molecule has 7 nitrogen and oxygen atoms in total. The van der Waals surface area contributed by atoms with Crippen LogP contribution < -0.4 is 15.4 Å². The number of nitrogens with zero attached hydrogens (tertiary/aromatic N) is 1. The largest absolute Gasteiger partial charge is 0.495 e. The van der Waals surface area contributed by atoms with Crippen LogP contribution in [0.25, 0.3) is 6.08 Å². The highest BCUT2D eigenvalue weighted by molar-refractivity contribution is 7.90. The van der Waals surface area contributed by atoms with Gasteiger partial charge in [-0.25, -0.2) is 8.42 Å². The molecule has 1 aliphatic heterocycles. The van der Waals surface area contributed by atoms with Crippen LogP contribution >= 0.6 is 0 Å². The van der Waals surface area contributed by atoms with E-state index in [0.29, 0.717) is 49.4 Å². The summed E-state index contributed by atoms with van der Waals surface area (Å²) in [6.07, 6.45) is 1.21. The second-order valence-electron chi connectivity index (χ2n) is 11.3. The van der Waals surface area contributed by atoms with E-state index in [1.165, 1.54) is 19.2 Å². The highest BCUT2D eigenvalue weighted by atomic mass is 32.2. The van der Waals surface area contributed by atoms with Gasteiger partial charge in [-0.2, -0.15) is 13.2 Å². The molecule has 44 heavy (non-hydrogen) atoms. The highest BCUT2D eigenvalue weighted by Crippen LogP contribution is 2.36. The van der Waals surface area contributed by atoms with E-state index in [9.17, 15) is 26.4 Å². The molecule has 0 aromatic heterocycles. The smallest absolute Gasteiger partial charge is 0.389 e. The number of carbonyl (C=O) groups excluding carboxylic acids is 1. The molecule has 1 heterocycles. The lowest BCUT2D eigenvalue weighted by molar-refractivity contribution is -0.137. The summed E-state index contributed by atoms with van der Waals surface area (Å²) < 4.78 is 68.9. The number of benzene rings is 2. The molecule has 2 aliphatic rings. The van der Waals surface area contributed by atoms with Gasteiger partial charge < -0.3 is 20.3 Å². The zero-order chi connectivity index (χ0) is 31.9. The van der Waals surface area contributed by atoms with Crippen LogP contribution in [-0.4, -0.2) is 64.4 Å². The number of anilines is 2. The quantitative estimate of drug-likeness (QED) is 0.315. The van der Waals surface area contributed by atoms with E-state index in [0.717, 1.165) is 35.9 Å². The van der Waals surface area contributed by atoms with E-state index < -0.39 is 22.4 Å². The summed E-state index contributed by atoms with van der Waals surface area (Å²) in [7, 11) is -1.96. The van der Waals surface area contributed by atoms with Gasteiger partial charge in [0.2, 0.25) is 5.91 Å². The van der Waals surface area contributed by atoms with Crippen LogP contribution in [0.4, 0.5) is 24.5 Å². The molecule has 11 heteroatoms. The van der Waals surface area contributed by atoms with Crippen LogP contribution in [0.3, 0.4) is 0 Å². The average Bonchev–Trinajstić information content (AvgIpc) is 3.17. The van der Waals surface area contributed by atoms with Gasteiger partial charge >= 0.3 is 6.18 Å². The minimum Gasteiger partial charge on any atom is -0.495 e. The number of nitrogens with one attached hydrogen (secondary N) is 2. The van der Waals surface area contributed by atoms with Gasteiger partial charge in [0.15, 0.2) is 9.84 Å². The Morgan fingerprint density at radius 3 is 2.52 bits per heavy atom. The molecular formula is C33H40F3N3O4S. The number of carbonyl (C=O) groups is 1. The summed E-state index contributed by atoms with van der Waals surface area (Å²) in [5.41, 5.74) is 4.15. The van der Waals surface area contributed by atoms with Crippen LogP contribution in [0.2, 0.25) is 0 Å². The first kappa shape index (κ1) is 33.2. The van der Waals surface area contributed by atoms with Crippen molar-refractivity contribution in [3.63, 3.8) is 0 Å². The third-order valence-corrected chi connectivity index (χ3v) is 9.30. The first-order chi connectivity index (χ1) is 20.9. The number of hydrogen-bond acceptors (Lipinski definition) is 6. The minimum atomic E-state index is -4.26. The summed E-state index contributed by atoms with van der Waals surface area (Å²) in [6.45, 7) is 3.44. The van der Waals surface area contributed by atoms with Gasteiger partial charge in [-0.05, 0) is 67.9 Å². The van der Waals surface area contributed by atoms with Crippen molar-refractivity contribution < 1.29 is 31.1 Å². The number of halogens is 3. The number of ether oxygens (including phenoxy) is 1. The monoisotopic (exact) mass is 631 g/mol. The van der Waals surface area contributed by atoms with Gasteiger partial charge in [0.1, 0.15) is 5.75 Å². The minimum absolute atomic E-state index is 0.0428. The summed E-state index contributed by atoms with van der Waals surface area (Å²) >= 11 is 0. The van der Waals surface area contributed by atoms with Crippen molar-refractivity contribution in [3.8, 4) is 17.6 Å². The average molecular weight is 632 g/mol. The molecule has 1 saturated heterocycles. The van der Waals surface area contributed by atoms with Crippen molar-refractivity contribution in [2.75, 3.05) is 43.6 Å². The van der Waals surface area contributed by atoms with Crippen LogP contribution in [-0.2, 0) is 21.1 Å². The van der Waals surface area contributed by atoms with E-state index in [4.69, 9.17) is 4.74 Å². The zero-order valence-corrected chi connectivity index (χ0v) is 26.2. The molecule has 1 aliphatic carbocycles. The normalized spacial score (nSPS) is 17.5. The number of fused-ring (bicyclic) bond motifs is 1. The van der Waals surface area contributed by atoms with Crippen LogP contribution in [0.1, 0.15) is 56.6 Å². The van der Waals surface area contributed by atoms with E-state index in [2.05, 4.69) is 22.5 Å². The Balaban J connectivity index is 1.56. The number of amides is 1. The molecular weight excluding hydrogens is 591 g/mol. The van der Waals surface area contributed by atoms with Crippen LogP contribution in [0, 0.1) is 17.8 Å². The van der Waals surface area contributed by atoms with E-state index in [1.807, 2.05) is 36.1 Å². The molecule has 1 fully saturated rings. The number of sulfone groups is 1. The Morgan fingerprint density at radius 1 is 1.11 bits per heavy atom. The van der Waals surface area contributed by atoms with Crippen molar-refractivity contribution in [2.45, 2.75) is 69.0 Å². The molecule has 2 aromatic rings. The summed E-state index contributed by atoms with van der Waals surface area (Å²) in [6, 6.07) is 10.7. The Bertz CT molecular complexity index is 1540. The number of likely N-dealkylation sites (tertiary alicyclic amines) is 1. The second kappa shape index (κ2) is 14.4. The molecule has 0 saturated carbocycles. The third-order valence-electron chi connectivity index (χ3n) is 8.19. The van der Waals surface area contributed by atoms with Crippen molar-refractivity contribution >= 4 is 33.2 Å². The number of rotatable bonds is 9. The Labute approximate surface area is 258 Å². The summed E-state index contributed by atoms with van der Waals surface area (Å²) in [4.78, 5) is 14.1. The molecule has 1 amide bonds. The maximum atomic E-state index is 13.2. The predicted octanol–water partition coefficient (Wildman–Crippen LogP) is 6.32. The van der Waals surface area contributed by atoms with Crippen molar-refractivity contribution in [3.05, 3.63) is 53.1 Å². The number of aryl methyl sites for hydroxylation is 1. The number of allylic oxidation sites excluding steroid dienone is 1. The lowest BCUT2D eigenvalue weighted by atomic mass is 9.90. The fourth-order valence-electron chi connectivity index (χ4n) is 5.71. The van der Waals surface area contributed by atoms with E-state index >= 15 is 0 Å². The predicted molar refractivity (Wildman–Crippen MR) is 167 cm³/mol. The molecule has 4 rings (SSSR count). The Morgan fingerprint density at radius 2 is 1.86 bits per heavy atom. The molecule has 2 aromatic carbocycles. The maximum Gasteiger partial charge on any atom is 0.389 e. The standard InChI is InChI=1S/C33H40F3N3O4S/c1-4-32(40)39-19-15-26(16-20-39)38-29-9-5-7-24-11-10-23(14-17-33(34,35)36)25(21-28(24)29)8-6-18-37-30-13-12-27(44(3,41)42)22-31(30)43-2/h5,7,9,12-13,21-23,26,37-38H,4,10-11,14-20H2,1-3H3. The number of piperidine rings is 1. The molecule has 0 radical (unpaired) electrons. The maximum absolute atomic E-state index is 13.2. The van der Waals surface area contributed by atoms with Gasteiger partial charge in [-0.3, -0.25) is 4.79 Å².